The van der Waals surface area contributed by atoms with Crippen molar-refractivity contribution >= 4 is 27.6 Å². The number of aromatic nitrogens is 2. The lowest BCUT2D eigenvalue weighted by atomic mass is 10.2. The van der Waals surface area contributed by atoms with Gasteiger partial charge in [0.2, 0.25) is 0 Å². The molecule has 0 spiro atoms. The Morgan fingerprint density at radius 3 is 2.95 bits per heavy atom. The predicted octanol–water partition coefficient (Wildman–Crippen LogP) is 2.40. The van der Waals surface area contributed by atoms with E-state index in [2.05, 4.69) is 21.0 Å². The summed E-state index contributed by atoms with van der Waals surface area (Å²) in [5.74, 6) is -1.35. The van der Waals surface area contributed by atoms with E-state index in [-0.39, 0.29) is 33.7 Å². The summed E-state index contributed by atoms with van der Waals surface area (Å²) in [5, 5.41) is 12.8. The number of nitrogens with zero attached hydrogens (tertiary/aromatic N) is 3. The van der Waals surface area contributed by atoms with Crippen LogP contribution >= 0.6 is 15.9 Å². The molecular formula is C13H10BrFN4O2. The van der Waals surface area contributed by atoms with Crippen LogP contribution in [0.5, 0.6) is 0 Å². The summed E-state index contributed by atoms with van der Waals surface area (Å²) < 4.78 is 20.2. The van der Waals surface area contributed by atoms with Gasteiger partial charge in [0.25, 0.3) is 0 Å². The highest BCUT2D eigenvalue weighted by atomic mass is 79.9. The molecule has 2 aromatic rings. The van der Waals surface area contributed by atoms with Gasteiger partial charge in [-0.3, -0.25) is 0 Å². The van der Waals surface area contributed by atoms with Crippen LogP contribution in [0, 0.1) is 17.1 Å². The second-order valence-corrected chi connectivity index (χ2v) is 4.76. The van der Waals surface area contributed by atoms with Gasteiger partial charge in [-0.25, -0.2) is 13.9 Å². The average Bonchev–Trinajstić information content (AvgIpc) is 2.84. The molecular weight excluding hydrogens is 343 g/mol. The number of halogens is 2. The van der Waals surface area contributed by atoms with Crippen LogP contribution in [0.15, 0.2) is 22.8 Å². The summed E-state index contributed by atoms with van der Waals surface area (Å²) in [4.78, 5) is 11.6. The van der Waals surface area contributed by atoms with E-state index in [9.17, 15) is 9.18 Å². The van der Waals surface area contributed by atoms with Gasteiger partial charge in [-0.05, 0) is 35.0 Å². The lowest BCUT2D eigenvalue weighted by Crippen LogP contribution is -2.09. The number of esters is 1. The van der Waals surface area contributed by atoms with E-state index in [1.807, 2.05) is 6.07 Å². The van der Waals surface area contributed by atoms with Crippen LogP contribution in [0.1, 0.15) is 23.0 Å². The van der Waals surface area contributed by atoms with Crippen molar-refractivity contribution in [3.05, 3.63) is 39.9 Å². The van der Waals surface area contributed by atoms with Crippen molar-refractivity contribution in [2.75, 3.05) is 12.3 Å². The first-order valence-corrected chi connectivity index (χ1v) is 6.69. The normalized spacial score (nSPS) is 10.2. The van der Waals surface area contributed by atoms with E-state index in [1.165, 1.54) is 18.3 Å². The lowest BCUT2D eigenvalue weighted by molar-refractivity contribution is 0.0520. The zero-order chi connectivity index (χ0) is 15.6. The van der Waals surface area contributed by atoms with Crippen LogP contribution < -0.4 is 5.73 Å². The fourth-order valence-corrected chi connectivity index (χ4v) is 2.10. The summed E-state index contributed by atoms with van der Waals surface area (Å²) in [6.07, 6.45) is 1.31. The minimum atomic E-state index is -0.679. The van der Waals surface area contributed by atoms with Gasteiger partial charge in [-0.15, -0.1) is 0 Å². The van der Waals surface area contributed by atoms with Crippen molar-refractivity contribution in [3.63, 3.8) is 0 Å². The van der Waals surface area contributed by atoms with E-state index >= 15 is 0 Å². The number of rotatable bonds is 3. The van der Waals surface area contributed by atoms with Crippen molar-refractivity contribution in [3.8, 4) is 11.8 Å². The maximum atomic E-state index is 14.2. The van der Waals surface area contributed by atoms with E-state index < -0.39 is 11.8 Å². The monoisotopic (exact) mass is 352 g/mol. The minimum absolute atomic E-state index is 0.0225. The fourth-order valence-electron chi connectivity index (χ4n) is 1.67. The Hall–Kier alpha value is -2.40. The van der Waals surface area contributed by atoms with E-state index in [4.69, 9.17) is 15.7 Å². The van der Waals surface area contributed by atoms with Crippen molar-refractivity contribution in [2.45, 2.75) is 6.92 Å². The van der Waals surface area contributed by atoms with Gasteiger partial charge >= 0.3 is 5.97 Å². The molecule has 2 N–H and O–H groups in total. The number of hydrogen-bond donors (Lipinski definition) is 1. The molecule has 8 heteroatoms. The lowest BCUT2D eigenvalue weighted by Gasteiger charge is -2.05. The maximum Gasteiger partial charge on any atom is 0.361 e. The number of nitrogen functional groups attached to an aromatic ring is 1. The molecule has 0 unspecified atom stereocenters. The molecule has 0 fully saturated rings. The molecule has 1 aromatic heterocycles. The number of anilines is 1. The first kappa shape index (κ1) is 15.0. The summed E-state index contributed by atoms with van der Waals surface area (Å²) in [6, 6.07) is 4.66. The molecule has 0 bridgehead atoms. The number of carbonyl (C=O) groups excluding carboxylic acids is 1. The molecule has 1 heterocycles. The van der Waals surface area contributed by atoms with Gasteiger partial charge in [-0.1, -0.05) is 0 Å². The van der Waals surface area contributed by atoms with Crippen LogP contribution in [0.2, 0.25) is 0 Å². The summed E-state index contributed by atoms with van der Waals surface area (Å²) in [6.45, 7) is 1.84. The van der Waals surface area contributed by atoms with Crippen molar-refractivity contribution in [2.24, 2.45) is 0 Å². The molecule has 0 radical (unpaired) electrons. The van der Waals surface area contributed by atoms with E-state index in [0.717, 1.165) is 4.68 Å². The maximum absolute atomic E-state index is 14.2. The third-order valence-electron chi connectivity index (χ3n) is 2.64. The second kappa shape index (κ2) is 5.93. The molecule has 21 heavy (non-hydrogen) atoms. The Morgan fingerprint density at radius 2 is 2.33 bits per heavy atom. The van der Waals surface area contributed by atoms with E-state index in [1.54, 1.807) is 6.92 Å². The molecule has 0 saturated carbocycles. The first-order valence-electron chi connectivity index (χ1n) is 5.90. The number of hydrogen-bond acceptors (Lipinski definition) is 5. The molecule has 6 nitrogen and oxygen atoms in total. The molecule has 108 valence electrons. The predicted molar refractivity (Wildman–Crippen MR) is 76.3 cm³/mol. The van der Waals surface area contributed by atoms with Gasteiger partial charge in [-0.2, -0.15) is 10.4 Å². The highest BCUT2D eigenvalue weighted by molar-refractivity contribution is 9.10. The van der Waals surface area contributed by atoms with Gasteiger partial charge in [0, 0.05) is 0 Å². The molecule has 0 aliphatic carbocycles. The SMILES string of the molecule is CCOC(=O)c1nn(-c2ccc(C#N)c(Br)c2F)cc1N. The number of carbonyl (C=O) groups is 1. The number of nitrogens with two attached hydrogens (primary N) is 1. The summed E-state index contributed by atoms with van der Waals surface area (Å²) >= 11 is 3.01. The smallest absolute Gasteiger partial charge is 0.361 e. The largest absolute Gasteiger partial charge is 0.461 e. The number of benzene rings is 1. The topological polar surface area (TPSA) is 93.9 Å². The molecule has 0 atom stereocenters. The first-order chi connectivity index (χ1) is 9.99. The molecule has 0 aliphatic heterocycles. The highest BCUT2D eigenvalue weighted by Gasteiger charge is 2.19. The average molecular weight is 353 g/mol. The zero-order valence-electron chi connectivity index (χ0n) is 10.9. The highest BCUT2D eigenvalue weighted by Crippen LogP contribution is 2.26. The fraction of sp³-hybridized carbons (Fsp3) is 0.154. The number of nitriles is 1. The van der Waals surface area contributed by atoms with Crippen molar-refractivity contribution in [1.82, 2.24) is 9.78 Å². The van der Waals surface area contributed by atoms with Crippen LogP contribution in [-0.2, 0) is 4.74 Å². The quantitative estimate of drug-likeness (QED) is 0.856. The minimum Gasteiger partial charge on any atom is -0.461 e. The van der Waals surface area contributed by atoms with Crippen molar-refractivity contribution < 1.29 is 13.9 Å². The molecule has 0 saturated heterocycles. The third-order valence-corrected chi connectivity index (χ3v) is 3.42. The summed E-state index contributed by atoms with van der Waals surface area (Å²) in [7, 11) is 0. The van der Waals surface area contributed by atoms with Crippen molar-refractivity contribution in [1.29, 1.82) is 5.26 Å². The number of ether oxygens (including phenoxy) is 1. The van der Waals surface area contributed by atoms with E-state index in [0.29, 0.717) is 0 Å². The van der Waals surface area contributed by atoms with Gasteiger partial charge in [0.05, 0.1) is 28.5 Å². The van der Waals surface area contributed by atoms with Crippen LogP contribution in [0.4, 0.5) is 10.1 Å². The molecule has 0 aliphatic rings. The van der Waals surface area contributed by atoms with Crippen LogP contribution in [0.3, 0.4) is 0 Å². The van der Waals surface area contributed by atoms with Crippen LogP contribution in [-0.4, -0.2) is 22.4 Å². The third kappa shape index (κ3) is 2.73. The Balaban J connectivity index is 2.50. The molecule has 1 aromatic carbocycles. The summed E-state index contributed by atoms with van der Waals surface area (Å²) in [5.41, 5.74) is 5.89. The molecule has 0 amide bonds. The Labute approximate surface area is 128 Å². The Kier molecular flexibility index (Phi) is 4.23. The zero-order valence-corrected chi connectivity index (χ0v) is 12.5. The standard InChI is InChI=1S/C13H10BrFN4O2/c1-2-21-13(20)12-8(17)6-19(18-12)9-4-3-7(5-16)10(14)11(9)15/h3-4,6H,2,17H2,1H3. The van der Waals surface area contributed by atoms with Gasteiger partial charge in [0.1, 0.15) is 11.8 Å². The second-order valence-electron chi connectivity index (χ2n) is 3.97. The Bertz CT molecular complexity index is 751. The Morgan fingerprint density at radius 1 is 1.62 bits per heavy atom. The van der Waals surface area contributed by atoms with Gasteiger partial charge in [0.15, 0.2) is 11.5 Å². The molecule has 2 rings (SSSR count). The van der Waals surface area contributed by atoms with Crippen LogP contribution in [0.25, 0.3) is 5.69 Å². The van der Waals surface area contributed by atoms with Gasteiger partial charge < -0.3 is 10.5 Å².